The molecule has 0 atom stereocenters. The van der Waals surface area contributed by atoms with Crippen LogP contribution in [-0.4, -0.2) is 10.2 Å². The van der Waals surface area contributed by atoms with Crippen LogP contribution in [-0.2, 0) is 0 Å². The molecule has 0 radical (unpaired) electrons. The van der Waals surface area contributed by atoms with E-state index in [1.54, 1.807) is 0 Å². The maximum absolute atomic E-state index is 5.99. The third-order valence-corrected chi connectivity index (χ3v) is 26.2. The minimum absolute atomic E-state index is 0.488. The van der Waals surface area contributed by atoms with Gasteiger partial charge in [0.2, 0.25) is 11.8 Å². The first-order valence-corrected chi connectivity index (χ1v) is 44.9. The highest BCUT2D eigenvalue weighted by Gasteiger charge is 2.29. The molecule has 0 N–H and O–H groups in total. The Morgan fingerprint density at radius 1 is 0.155 bits per heavy atom. The summed E-state index contributed by atoms with van der Waals surface area (Å²) in [6.45, 7) is 31.5. The normalized spacial score (nSPS) is 11.2. The van der Waals surface area contributed by atoms with E-state index >= 15 is 0 Å². The van der Waals surface area contributed by atoms with E-state index in [1.165, 1.54) is 195 Å². The molecule has 5 nitrogen and oxygen atoms in total. The molecule has 18 aromatic carbocycles. The summed E-state index contributed by atoms with van der Waals surface area (Å²) in [7, 11) is 0. The van der Waals surface area contributed by atoms with Gasteiger partial charge in [0, 0.05) is 46.6 Å². The molecular formula is C124H106N4O. The van der Waals surface area contributed by atoms with Crippen molar-refractivity contribution in [3.8, 4) is 145 Å². The number of benzene rings is 18. The van der Waals surface area contributed by atoms with E-state index in [9.17, 15) is 0 Å². The molecule has 1 aromatic heterocycles. The quantitative estimate of drug-likeness (QED) is 0.0807. The Morgan fingerprint density at radius 3 is 0.504 bits per heavy atom. The lowest BCUT2D eigenvalue weighted by atomic mass is 9.80. The van der Waals surface area contributed by atoms with Crippen LogP contribution in [0.1, 0.15) is 78.2 Å². The van der Waals surface area contributed by atoms with Crippen molar-refractivity contribution in [1.82, 2.24) is 10.2 Å². The smallest absolute Gasteiger partial charge is 0.247 e. The fourth-order valence-corrected chi connectivity index (χ4v) is 21.0. The third-order valence-electron chi connectivity index (χ3n) is 26.2. The molecule has 19 rings (SSSR count). The van der Waals surface area contributed by atoms with Crippen LogP contribution in [0.25, 0.3) is 145 Å². The van der Waals surface area contributed by atoms with Crippen molar-refractivity contribution >= 4 is 34.1 Å². The number of hydrogen-bond donors (Lipinski definition) is 0. The van der Waals surface area contributed by atoms with Crippen molar-refractivity contribution in [2.75, 3.05) is 9.80 Å². The topological polar surface area (TPSA) is 45.4 Å². The molecule has 129 heavy (non-hydrogen) atoms. The van der Waals surface area contributed by atoms with E-state index in [-0.39, 0.29) is 0 Å². The molecule has 0 bridgehead atoms. The van der Waals surface area contributed by atoms with Crippen LogP contribution in [0.15, 0.2) is 393 Å². The average molecular weight is 1670 g/mol. The zero-order valence-corrected chi connectivity index (χ0v) is 76.1. The molecule has 628 valence electrons. The number of aryl methyl sites for hydroxylation is 2. The van der Waals surface area contributed by atoms with Gasteiger partial charge in [0.1, 0.15) is 0 Å². The Kier molecular flexibility index (Phi) is 24.1. The van der Waals surface area contributed by atoms with Gasteiger partial charge < -0.3 is 14.2 Å². The summed E-state index contributed by atoms with van der Waals surface area (Å²) in [5, 5.41) is 8.59. The average Bonchev–Trinajstić information content (AvgIpc) is 0.926. The second kappa shape index (κ2) is 36.7. The first kappa shape index (κ1) is 84.5. The van der Waals surface area contributed by atoms with Crippen LogP contribution in [0.4, 0.5) is 34.1 Å². The standard InChI is InChI=1S/C63H53N3O.C61H53N/c1-40-57(47-23-12-8-13-24-47)42(3)61(43(4)58(40)48-25-14-9-15-26-48)51-31-20-34-54(37-51)66(56-36-22-33-53(39-56)63-65-64-46(7)67-63)55-35-21-32-52(38-55)62-44(5)59(49-27-16-10-17-28-49)41(2)60(45(62)6)50-29-18-11-19-30-50;1-40-23-20-34-53(37-40)62(54-35-21-32-51(38-54)60-43(4)56(47-24-12-8-13-25-47)41(2)57(44(60)5)48-26-14-9-15-27-48)55-36-22-33-52(39-55)61-45(6)58(49-28-16-10-17-29-49)42(3)59(46(61)7)50-30-18-11-19-31-50/h8-39H,1-7H3;8-39H,1-7H3. The fraction of sp³-hybridized carbons (Fsp3) is 0.113. The van der Waals surface area contributed by atoms with Gasteiger partial charge in [-0.05, 0) is 375 Å². The van der Waals surface area contributed by atoms with E-state index < -0.39 is 0 Å². The van der Waals surface area contributed by atoms with Gasteiger partial charge in [0.25, 0.3) is 0 Å². The van der Waals surface area contributed by atoms with Crippen LogP contribution in [0, 0.1) is 96.9 Å². The Labute approximate surface area is 761 Å². The second-order valence-corrected chi connectivity index (χ2v) is 34.3. The molecule has 0 saturated carbocycles. The lowest BCUT2D eigenvalue weighted by Gasteiger charge is -2.28. The summed E-state index contributed by atoms with van der Waals surface area (Å²) in [5.41, 5.74) is 53.7. The van der Waals surface area contributed by atoms with Crippen molar-refractivity contribution in [3.05, 3.63) is 466 Å². The molecule has 0 aliphatic rings. The van der Waals surface area contributed by atoms with E-state index in [1.807, 2.05) is 13.0 Å². The first-order valence-electron chi connectivity index (χ1n) is 44.9. The molecule has 0 aliphatic heterocycles. The summed E-state index contributed by atoms with van der Waals surface area (Å²) < 4.78 is 5.99. The van der Waals surface area contributed by atoms with Crippen LogP contribution < -0.4 is 9.80 Å². The van der Waals surface area contributed by atoms with Crippen molar-refractivity contribution in [1.29, 1.82) is 0 Å². The van der Waals surface area contributed by atoms with Gasteiger partial charge in [-0.3, -0.25) is 0 Å². The maximum Gasteiger partial charge on any atom is 0.247 e. The Morgan fingerprint density at radius 2 is 0.318 bits per heavy atom. The van der Waals surface area contributed by atoms with E-state index in [4.69, 9.17) is 4.42 Å². The number of rotatable bonds is 19. The summed E-state index contributed by atoms with van der Waals surface area (Å²) in [6.07, 6.45) is 0. The predicted octanol–water partition coefficient (Wildman–Crippen LogP) is 34.7. The van der Waals surface area contributed by atoms with Crippen molar-refractivity contribution < 1.29 is 4.42 Å². The van der Waals surface area contributed by atoms with Gasteiger partial charge >= 0.3 is 0 Å². The molecule has 0 spiro atoms. The zero-order chi connectivity index (χ0) is 89.1. The highest BCUT2D eigenvalue weighted by molar-refractivity contribution is 5.99. The molecule has 0 saturated heterocycles. The molecule has 0 fully saturated rings. The number of anilines is 6. The SMILES string of the molecule is Cc1cccc(N(c2cccc(-c3c(C)c(-c4ccccc4)c(C)c(-c4ccccc4)c3C)c2)c2cccc(-c3c(C)c(-c4ccccc4)c(C)c(-c4ccccc4)c3C)c2)c1.Cc1nnc(-c2cccc(N(c3cccc(-c4c(C)c(-c5ccccc5)c(C)c(-c5ccccc5)c4C)c3)c3cccc(-c4c(C)c(-c5ccccc5)c(C)c(-c5ccccc5)c4C)c3)c2)o1. The molecular weight excluding hydrogens is 1560 g/mol. The van der Waals surface area contributed by atoms with Gasteiger partial charge in [0.05, 0.1) is 0 Å². The van der Waals surface area contributed by atoms with Crippen LogP contribution in [0.5, 0.6) is 0 Å². The van der Waals surface area contributed by atoms with E-state index in [0.717, 1.165) is 50.8 Å². The Hall–Kier alpha value is -15.3. The molecule has 19 aromatic rings. The number of nitrogens with zero attached hydrogens (tertiary/aromatic N) is 4. The molecule has 0 unspecified atom stereocenters. The minimum Gasteiger partial charge on any atom is -0.421 e. The van der Waals surface area contributed by atoms with Gasteiger partial charge in [0.15, 0.2) is 0 Å². The lowest BCUT2D eigenvalue weighted by molar-refractivity contribution is 0.533. The van der Waals surface area contributed by atoms with Crippen LogP contribution >= 0.6 is 0 Å². The first-order chi connectivity index (χ1) is 62.9. The van der Waals surface area contributed by atoms with Crippen LogP contribution in [0.3, 0.4) is 0 Å². The highest BCUT2D eigenvalue weighted by atomic mass is 16.4. The minimum atomic E-state index is 0.488. The summed E-state index contributed by atoms with van der Waals surface area (Å²) in [4.78, 5) is 4.80. The largest absolute Gasteiger partial charge is 0.421 e. The van der Waals surface area contributed by atoms with Crippen LogP contribution in [0.2, 0.25) is 0 Å². The van der Waals surface area contributed by atoms with Gasteiger partial charge in [-0.1, -0.05) is 309 Å². The predicted molar refractivity (Wildman–Crippen MR) is 547 cm³/mol. The number of aromatic nitrogens is 2. The summed E-state index contributed by atoms with van der Waals surface area (Å²) in [5.74, 6) is 1.02. The Bertz CT molecular complexity index is 6700. The second-order valence-electron chi connectivity index (χ2n) is 34.3. The van der Waals surface area contributed by atoms with Crippen molar-refractivity contribution in [2.45, 2.75) is 96.9 Å². The Balaban J connectivity index is 0.000000174. The summed E-state index contributed by atoms with van der Waals surface area (Å²) in [6, 6.07) is 141. The molecule has 0 amide bonds. The third kappa shape index (κ3) is 16.5. The van der Waals surface area contributed by atoms with E-state index in [2.05, 4.69) is 492 Å². The highest BCUT2D eigenvalue weighted by Crippen LogP contribution is 2.52. The lowest BCUT2D eigenvalue weighted by Crippen LogP contribution is -2.11. The van der Waals surface area contributed by atoms with Gasteiger partial charge in [-0.2, -0.15) is 0 Å². The summed E-state index contributed by atoms with van der Waals surface area (Å²) >= 11 is 0. The molecule has 5 heteroatoms. The van der Waals surface area contributed by atoms with Gasteiger partial charge in [-0.25, -0.2) is 0 Å². The fourth-order valence-electron chi connectivity index (χ4n) is 21.0. The maximum atomic E-state index is 5.99. The van der Waals surface area contributed by atoms with Crippen molar-refractivity contribution in [3.63, 3.8) is 0 Å². The zero-order valence-electron chi connectivity index (χ0n) is 76.1. The van der Waals surface area contributed by atoms with Gasteiger partial charge in [-0.15, -0.1) is 10.2 Å². The van der Waals surface area contributed by atoms with E-state index in [0.29, 0.717) is 11.8 Å². The van der Waals surface area contributed by atoms with Crippen molar-refractivity contribution in [2.24, 2.45) is 0 Å². The monoisotopic (exact) mass is 1670 g/mol. The number of hydrogen-bond acceptors (Lipinski definition) is 5. The molecule has 1 heterocycles. The molecule has 0 aliphatic carbocycles.